The number of hydrogen-bond acceptors (Lipinski definition) is 6. The summed E-state index contributed by atoms with van der Waals surface area (Å²) in [5.41, 5.74) is 0.556. The lowest BCUT2D eigenvalue weighted by Crippen LogP contribution is -2.66. The quantitative estimate of drug-likeness (QED) is 0.764. The van der Waals surface area contributed by atoms with Gasteiger partial charge in [0, 0.05) is 32.4 Å². The Balaban J connectivity index is 1.56. The summed E-state index contributed by atoms with van der Waals surface area (Å²) in [5.74, 6) is 1.67. The highest BCUT2D eigenvalue weighted by molar-refractivity contribution is 7.91. The van der Waals surface area contributed by atoms with Crippen LogP contribution in [0.1, 0.15) is 11.4 Å². The average molecular weight is 401 g/mol. The fourth-order valence-electron chi connectivity index (χ4n) is 4.03. The Morgan fingerprint density at radius 1 is 1.11 bits per heavy atom. The van der Waals surface area contributed by atoms with Crippen LogP contribution in [0.3, 0.4) is 0 Å². The first-order valence-corrected chi connectivity index (χ1v) is 11.3. The molecule has 28 heavy (non-hydrogen) atoms. The lowest BCUT2D eigenvalue weighted by molar-refractivity contribution is -0.143. The molecular formula is C20H24N4O3S. The maximum Gasteiger partial charge on any atom is 0.232 e. The van der Waals surface area contributed by atoms with Crippen molar-refractivity contribution >= 4 is 21.6 Å². The Morgan fingerprint density at radius 3 is 2.43 bits per heavy atom. The van der Waals surface area contributed by atoms with Crippen LogP contribution in [0.25, 0.3) is 0 Å². The fourth-order valence-corrected chi connectivity index (χ4v) is 5.23. The SMILES string of the molecule is Cc1nccc(N2CC(Cc3ccccc3)(C(=O)N3CCS(=O)(=O)CC3)C2)n1. The first kappa shape index (κ1) is 18.9. The molecule has 3 heterocycles. The summed E-state index contributed by atoms with van der Waals surface area (Å²) in [6, 6.07) is 11.8. The van der Waals surface area contributed by atoms with Gasteiger partial charge in [0.15, 0.2) is 9.84 Å². The molecule has 0 atom stereocenters. The van der Waals surface area contributed by atoms with Crippen LogP contribution in [-0.2, 0) is 21.1 Å². The number of carbonyl (C=O) groups excluding carboxylic acids is 1. The van der Waals surface area contributed by atoms with Crippen LogP contribution in [0.15, 0.2) is 42.6 Å². The molecule has 4 rings (SSSR count). The van der Waals surface area contributed by atoms with Crippen molar-refractivity contribution < 1.29 is 13.2 Å². The third kappa shape index (κ3) is 3.73. The van der Waals surface area contributed by atoms with E-state index in [1.54, 1.807) is 11.1 Å². The summed E-state index contributed by atoms with van der Waals surface area (Å²) in [6.07, 6.45) is 2.36. The lowest BCUT2D eigenvalue weighted by atomic mass is 9.73. The zero-order valence-electron chi connectivity index (χ0n) is 15.9. The molecule has 0 saturated carbocycles. The molecule has 2 aliphatic heterocycles. The zero-order valence-corrected chi connectivity index (χ0v) is 16.7. The van der Waals surface area contributed by atoms with Gasteiger partial charge in [-0.2, -0.15) is 0 Å². The second-order valence-electron chi connectivity index (χ2n) is 7.70. The number of anilines is 1. The minimum atomic E-state index is -3.02. The maximum absolute atomic E-state index is 13.4. The van der Waals surface area contributed by atoms with E-state index >= 15 is 0 Å². The van der Waals surface area contributed by atoms with Gasteiger partial charge in [0.1, 0.15) is 11.6 Å². The Bertz CT molecular complexity index is 958. The van der Waals surface area contributed by atoms with Gasteiger partial charge in [0.25, 0.3) is 0 Å². The number of aryl methyl sites for hydroxylation is 1. The smallest absolute Gasteiger partial charge is 0.232 e. The highest BCUT2D eigenvalue weighted by Crippen LogP contribution is 2.38. The highest BCUT2D eigenvalue weighted by atomic mass is 32.2. The van der Waals surface area contributed by atoms with Crippen molar-refractivity contribution in [2.75, 3.05) is 42.6 Å². The third-order valence-corrected chi connectivity index (χ3v) is 7.15. The van der Waals surface area contributed by atoms with Crippen molar-refractivity contribution in [1.82, 2.24) is 14.9 Å². The summed E-state index contributed by atoms with van der Waals surface area (Å²) >= 11 is 0. The minimum Gasteiger partial charge on any atom is -0.354 e. The predicted molar refractivity (Wildman–Crippen MR) is 107 cm³/mol. The van der Waals surface area contributed by atoms with Crippen LogP contribution in [0, 0.1) is 12.3 Å². The number of rotatable bonds is 4. The van der Waals surface area contributed by atoms with Crippen molar-refractivity contribution in [2.24, 2.45) is 5.41 Å². The first-order valence-electron chi connectivity index (χ1n) is 9.45. The molecule has 0 radical (unpaired) electrons. The number of sulfone groups is 1. The summed E-state index contributed by atoms with van der Waals surface area (Å²) in [4.78, 5) is 25.9. The first-order chi connectivity index (χ1) is 13.4. The normalized spacial score (nSPS) is 20.5. The van der Waals surface area contributed by atoms with E-state index in [-0.39, 0.29) is 30.5 Å². The summed E-state index contributed by atoms with van der Waals surface area (Å²) in [7, 11) is -3.02. The molecule has 2 fully saturated rings. The predicted octanol–water partition coefficient (Wildman–Crippen LogP) is 1.09. The van der Waals surface area contributed by atoms with Gasteiger partial charge < -0.3 is 9.80 Å². The van der Waals surface area contributed by atoms with E-state index in [1.165, 1.54) is 0 Å². The van der Waals surface area contributed by atoms with Crippen LogP contribution in [-0.4, -0.2) is 66.9 Å². The number of benzene rings is 1. The Kier molecular flexibility index (Phi) is 4.82. The molecule has 1 aromatic heterocycles. The van der Waals surface area contributed by atoms with E-state index in [0.29, 0.717) is 25.3 Å². The zero-order chi connectivity index (χ0) is 19.8. The summed E-state index contributed by atoms with van der Waals surface area (Å²) in [6.45, 7) is 3.55. The van der Waals surface area contributed by atoms with Gasteiger partial charge in [0.05, 0.1) is 16.9 Å². The van der Waals surface area contributed by atoms with Gasteiger partial charge in [-0.3, -0.25) is 4.79 Å². The van der Waals surface area contributed by atoms with Gasteiger partial charge in [-0.25, -0.2) is 18.4 Å². The molecule has 1 aromatic carbocycles. The second kappa shape index (κ2) is 7.16. The lowest BCUT2D eigenvalue weighted by Gasteiger charge is -2.51. The van der Waals surface area contributed by atoms with Crippen molar-refractivity contribution in [3.63, 3.8) is 0 Å². The number of amides is 1. The van der Waals surface area contributed by atoms with E-state index < -0.39 is 15.3 Å². The molecule has 0 aliphatic carbocycles. The van der Waals surface area contributed by atoms with Crippen molar-refractivity contribution in [2.45, 2.75) is 13.3 Å². The highest BCUT2D eigenvalue weighted by Gasteiger charge is 2.51. The molecule has 2 saturated heterocycles. The van der Waals surface area contributed by atoms with Crippen LogP contribution in [0.2, 0.25) is 0 Å². The Hall–Kier alpha value is -2.48. The molecule has 0 unspecified atom stereocenters. The van der Waals surface area contributed by atoms with E-state index in [9.17, 15) is 13.2 Å². The van der Waals surface area contributed by atoms with Gasteiger partial charge in [0.2, 0.25) is 5.91 Å². The largest absolute Gasteiger partial charge is 0.354 e. The van der Waals surface area contributed by atoms with Crippen molar-refractivity contribution in [1.29, 1.82) is 0 Å². The van der Waals surface area contributed by atoms with Gasteiger partial charge >= 0.3 is 0 Å². The van der Waals surface area contributed by atoms with E-state index in [4.69, 9.17) is 0 Å². The molecule has 7 nitrogen and oxygen atoms in total. The van der Waals surface area contributed by atoms with Crippen molar-refractivity contribution in [3.05, 3.63) is 54.0 Å². The van der Waals surface area contributed by atoms with E-state index in [0.717, 1.165) is 11.4 Å². The standard InChI is InChI=1S/C20H24N4O3S/c1-16-21-8-7-18(22-16)24-14-20(15-24,13-17-5-3-2-4-6-17)19(25)23-9-11-28(26,27)12-10-23/h2-8H,9-15H2,1H3. The number of nitrogens with zero attached hydrogens (tertiary/aromatic N) is 4. The molecule has 0 bridgehead atoms. The molecular weight excluding hydrogens is 376 g/mol. The van der Waals surface area contributed by atoms with Gasteiger partial charge in [-0.15, -0.1) is 0 Å². The Labute approximate surface area is 165 Å². The molecule has 0 spiro atoms. The monoisotopic (exact) mass is 400 g/mol. The molecule has 0 N–H and O–H groups in total. The topological polar surface area (TPSA) is 83.5 Å². The molecule has 148 valence electrons. The average Bonchev–Trinajstić information content (AvgIpc) is 2.64. The Morgan fingerprint density at radius 2 is 1.79 bits per heavy atom. The molecule has 1 amide bonds. The summed E-state index contributed by atoms with van der Waals surface area (Å²) in [5, 5.41) is 0. The molecule has 8 heteroatoms. The van der Waals surface area contributed by atoms with Gasteiger partial charge in [-0.05, 0) is 25.0 Å². The molecule has 2 aromatic rings. The maximum atomic E-state index is 13.4. The van der Waals surface area contributed by atoms with E-state index in [1.807, 2.05) is 43.3 Å². The van der Waals surface area contributed by atoms with Gasteiger partial charge in [-0.1, -0.05) is 30.3 Å². The second-order valence-corrected chi connectivity index (χ2v) is 10.0. The minimum absolute atomic E-state index is 0.0493. The number of aromatic nitrogens is 2. The number of hydrogen-bond donors (Lipinski definition) is 0. The van der Waals surface area contributed by atoms with Crippen LogP contribution in [0.5, 0.6) is 0 Å². The fraction of sp³-hybridized carbons (Fsp3) is 0.450. The van der Waals surface area contributed by atoms with Crippen LogP contribution in [0.4, 0.5) is 5.82 Å². The third-order valence-electron chi connectivity index (χ3n) is 5.54. The van der Waals surface area contributed by atoms with Crippen LogP contribution < -0.4 is 4.90 Å². The van der Waals surface area contributed by atoms with Crippen molar-refractivity contribution in [3.8, 4) is 0 Å². The number of carbonyl (C=O) groups is 1. The molecule has 2 aliphatic rings. The summed E-state index contributed by atoms with van der Waals surface area (Å²) < 4.78 is 23.5. The van der Waals surface area contributed by atoms with Crippen LogP contribution >= 0.6 is 0 Å². The van der Waals surface area contributed by atoms with E-state index in [2.05, 4.69) is 14.9 Å².